The molecule has 0 bridgehead atoms. The SMILES string of the molecule is O=C(Nc1cccc(Br)c1)C(=O)N1CCCc2ccccc21. The van der Waals surface area contributed by atoms with E-state index in [4.69, 9.17) is 0 Å². The summed E-state index contributed by atoms with van der Waals surface area (Å²) in [6.07, 6.45) is 1.81. The standard InChI is InChI=1S/C17H15BrN2O2/c18-13-7-3-8-14(11-13)19-16(21)17(22)20-10-4-6-12-5-1-2-9-15(12)20/h1-3,5,7-9,11H,4,6,10H2,(H,19,21). The van der Waals surface area contributed by atoms with Crippen molar-refractivity contribution in [3.8, 4) is 0 Å². The number of halogens is 1. The second-order valence-corrected chi connectivity index (χ2v) is 6.07. The largest absolute Gasteiger partial charge is 0.318 e. The maximum absolute atomic E-state index is 12.5. The lowest BCUT2D eigenvalue weighted by molar-refractivity contribution is -0.134. The summed E-state index contributed by atoms with van der Waals surface area (Å²) in [7, 11) is 0. The average molecular weight is 359 g/mol. The summed E-state index contributed by atoms with van der Waals surface area (Å²) < 4.78 is 0.848. The molecule has 0 aromatic heterocycles. The molecule has 2 aromatic rings. The Morgan fingerprint density at radius 1 is 1.09 bits per heavy atom. The van der Waals surface area contributed by atoms with Crippen LogP contribution < -0.4 is 10.2 Å². The van der Waals surface area contributed by atoms with Crippen LogP contribution in [0.1, 0.15) is 12.0 Å². The number of aryl methyl sites for hydroxylation is 1. The lowest BCUT2D eigenvalue weighted by Gasteiger charge is -2.28. The first-order valence-electron chi connectivity index (χ1n) is 7.11. The molecule has 0 aliphatic carbocycles. The minimum absolute atomic E-state index is 0.521. The van der Waals surface area contributed by atoms with Gasteiger partial charge >= 0.3 is 11.8 Å². The van der Waals surface area contributed by atoms with Crippen molar-refractivity contribution in [2.75, 3.05) is 16.8 Å². The number of nitrogens with one attached hydrogen (secondary N) is 1. The van der Waals surface area contributed by atoms with Gasteiger partial charge in [-0.3, -0.25) is 9.59 Å². The summed E-state index contributed by atoms with van der Waals surface area (Å²) >= 11 is 3.34. The van der Waals surface area contributed by atoms with Crippen molar-refractivity contribution >= 4 is 39.1 Å². The monoisotopic (exact) mass is 358 g/mol. The zero-order valence-corrected chi connectivity index (χ0v) is 13.5. The number of hydrogen-bond acceptors (Lipinski definition) is 2. The van der Waals surface area contributed by atoms with Gasteiger partial charge in [0.05, 0.1) is 0 Å². The minimum atomic E-state index is -0.616. The number of rotatable bonds is 1. The van der Waals surface area contributed by atoms with Crippen molar-refractivity contribution in [1.82, 2.24) is 0 Å². The van der Waals surface area contributed by atoms with Gasteiger partial charge in [0.25, 0.3) is 0 Å². The minimum Gasteiger partial charge on any atom is -0.318 e. The number of para-hydroxylation sites is 1. The quantitative estimate of drug-likeness (QED) is 0.794. The Morgan fingerprint density at radius 3 is 2.73 bits per heavy atom. The van der Waals surface area contributed by atoms with Gasteiger partial charge in [-0.25, -0.2) is 0 Å². The zero-order chi connectivity index (χ0) is 15.5. The van der Waals surface area contributed by atoms with Gasteiger partial charge in [0.2, 0.25) is 0 Å². The molecule has 0 atom stereocenters. The van der Waals surface area contributed by atoms with Crippen molar-refractivity contribution in [2.45, 2.75) is 12.8 Å². The van der Waals surface area contributed by atoms with Crippen LogP contribution in [-0.4, -0.2) is 18.4 Å². The molecule has 2 amide bonds. The molecule has 22 heavy (non-hydrogen) atoms. The third-order valence-electron chi connectivity index (χ3n) is 3.63. The Morgan fingerprint density at radius 2 is 1.91 bits per heavy atom. The van der Waals surface area contributed by atoms with Crippen molar-refractivity contribution in [3.63, 3.8) is 0 Å². The topological polar surface area (TPSA) is 49.4 Å². The van der Waals surface area contributed by atoms with Crippen LogP contribution >= 0.6 is 15.9 Å². The molecule has 1 N–H and O–H groups in total. The third kappa shape index (κ3) is 3.04. The van der Waals surface area contributed by atoms with Gasteiger partial charge in [-0.05, 0) is 42.7 Å². The lowest BCUT2D eigenvalue weighted by Crippen LogP contribution is -2.42. The van der Waals surface area contributed by atoms with Gasteiger partial charge in [0.15, 0.2) is 0 Å². The van der Waals surface area contributed by atoms with Crippen molar-refractivity contribution in [2.24, 2.45) is 0 Å². The van der Waals surface area contributed by atoms with Crippen LogP contribution in [0.15, 0.2) is 53.0 Å². The maximum Gasteiger partial charge on any atom is 0.316 e. The molecule has 5 heteroatoms. The molecule has 4 nitrogen and oxygen atoms in total. The fraction of sp³-hybridized carbons (Fsp3) is 0.176. The molecule has 3 rings (SSSR count). The van der Waals surface area contributed by atoms with E-state index in [1.54, 1.807) is 23.1 Å². The molecular weight excluding hydrogens is 344 g/mol. The normalized spacial score (nSPS) is 13.4. The first-order valence-corrected chi connectivity index (χ1v) is 7.91. The fourth-order valence-electron chi connectivity index (χ4n) is 2.62. The zero-order valence-electron chi connectivity index (χ0n) is 11.9. The predicted molar refractivity (Wildman–Crippen MR) is 89.9 cm³/mol. The number of amides is 2. The Kier molecular flexibility index (Phi) is 4.24. The van der Waals surface area contributed by atoms with Gasteiger partial charge in [0, 0.05) is 22.4 Å². The highest BCUT2D eigenvalue weighted by Crippen LogP contribution is 2.27. The van der Waals surface area contributed by atoms with Gasteiger partial charge in [-0.15, -0.1) is 0 Å². The summed E-state index contributed by atoms with van der Waals surface area (Å²) in [6, 6.07) is 14.9. The molecule has 1 heterocycles. The Hall–Kier alpha value is -2.14. The average Bonchev–Trinajstić information content (AvgIpc) is 2.53. The predicted octanol–water partition coefficient (Wildman–Crippen LogP) is 3.37. The van der Waals surface area contributed by atoms with E-state index in [1.165, 1.54) is 0 Å². The van der Waals surface area contributed by atoms with Crippen molar-refractivity contribution in [1.29, 1.82) is 0 Å². The smallest absolute Gasteiger partial charge is 0.316 e. The Bertz CT molecular complexity index is 730. The third-order valence-corrected chi connectivity index (χ3v) is 4.13. The second-order valence-electron chi connectivity index (χ2n) is 5.15. The van der Waals surface area contributed by atoms with Gasteiger partial charge in [-0.2, -0.15) is 0 Å². The second kappa shape index (κ2) is 6.32. The summed E-state index contributed by atoms with van der Waals surface area (Å²) in [5.74, 6) is -1.14. The van der Waals surface area contributed by atoms with E-state index >= 15 is 0 Å². The number of carbonyl (C=O) groups excluding carboxylic acids is 2. The maximum atomic E-state index is 12.5. The van der Waals surface area contributed by atoms with Crippen molar-refractivity contribution < 1.29 is 9.59 Å². The van der Waals surface area contributed by atoms with Crippen LogP contribution in [0.2, 0.25) is 0 Å². The van der Waals surface area contributed by atoms with Crippen LogP contribution in [0, 0.1) is 0 Å². The molecule has 0 saturated heterocycles. The van der Waals surface area contributed by atoms with E-state index < -0.39 is 11.8 Å². The van der Waals surface area contributed by atoms with Crippen LogP contribution in [0.4, 0.5) is 11.4 Å². The summed E-state index contributed by atoms with van der Waals surface area (Å²) in [4.78, 5) is 26.2. The number of carbonyl (C=O) groups is 2. The molecule has 2 aromatic carbocycles. The number of benzene rings is 2. The number of hydrogen-bond donors (Lipinski definition) is 1. The highest BCUT2D eigenvalue weighted by molar-refractivity contribution is 9.10. The lowest BCUT2D eigenvalue weighted by atomic mass is 10.0. The van der Waals surface area contributed by atoms with Crippen LogP contribution in [0.25, 0.3) is 0 Å². The highest BCUT2D eigenvalue weighted by Gasteiger charge is 2.27. The summed E-state index contributed by atoms with van der Waals surface area (Å²) in [5.41, 5.74) is 2.54. The molecule has 1 aliphatic heterocycles. The van der Waals surface area contributed by atoms with E-state index in [1.807, 2.05) is 30.3 Å². The molecule has 0 spiro atoms. The molecule has 0 saturated carbocycles. The highest BCUT2D eigenvalue weighted by atomic mass is 79.9. The van der Waals surface area contributed by atoms with E-state index in [2.05, 4.69) is 21.2 Å². The molecule has 1 aliphatic rings. The van der Waals surface area contributed by atoms with E-state index in [9.17, 15) is 9.59 Å². The number of anilines is 2. The van der Waals surface area contributed by atoms with E-state index in [0.29, 0.717) is 12.2 Å². The number of nitrogens with zero attached hydrogens (tertiary/aromatic N) is 1. The van der Waals surface area contributed by atoms with Gasteiger partial charge in [-0.1, -0.05) is 40.2 Å². The first kappa shape index (κ1) is 14.8. The Labute approximate surface area is 137 Å². The molecule has 0 unspecified atom stereocenters. The molecule has 0 fully saturated rings. The van der Waals surface area contributed by atoms with Gasteiger partial charge in [0.1, 0.15) is 0 Å². The molecule has 0 radical (unpaired) electrons. The van der Waals surface area contributed by atoms with E-state index in [-0.39, 0.29) is 0 Å². The number of fused-ring (bicyclic) bond motifs is 1. The first-order chi connectivity index (χ1) is 10.6. The van der Waals surface area contributed by atoms with Crippen LogP contribution in [0.5, 0.6) is 0 Å². The van der Waals surface area contributed by atoms with E-state index in [0.717, 1.165) is 28.6 Å². The fourth-order valence-corrected chi connectivity index (χ4v) is 3.02. The Balaban J connectivity index is 1.78. The van der Waals surface area contributed by atoms with Gasteiger partial charge < -0.3 is 10.2 Å². The summed E-state index contributed by atoms with van der Waals surface area (Å²) in [6.45, 7) is 0.571. The summed E-state index contributed by atoms with van der Waals surface area (Å²) in [5, 5.41) is 2.65. The van der Waals surface area contributed by atoms with Crippen molar-refractivity contribution in [3.05, 3.63) is 58.6 Å². The molecular formula is C17H15BrN2O2. The van der Waals surface area contributed by atoms with Crippen LogP contribution in [-0.2, 0) is 16.0 Å². The van der Waals surface area contributed by atoms with Crippen LogP contribution in [0.3, 0.4) is 0 Å². The molecule has 112 valence electrons.